The summed E-state index contributed by atoms with van der Waals surface area (Å²) in [6.45, 7) is 0. The van der Waals surface area contributed by atoms with Crippen LogP contribution in [0.5, 0.6) is 0 Å². The highest BCUT2D eigenvalue weighted by Crippen LogP contribution is 2.47. The van der Waals surface area contributed by atoms with Crippen molar-refractivity contribution >= 4 is 29.4 Å². The van der Waals surface area contributed by atoms with Gasteiger partial charge in [-0.25, -0.2) is 4.79 Å². The molecule has 1 N–H and O–H groups in total. The Balaban J connectivity index is 2.30. The fraction of sp³-hybridized carbons (Fsp3) is 0.333. The van der Waals surface area contributed by atoms with Crippen molar-refractivity contribution in [1.29, 1.82) is 0 Å². The third-order valence-corrected chi connectivity index (χ3v) is 3.98. The smallest absolute Gasteiger partial charge is 0.343 e. The van der Waals surface area contributed by atoms with E-state index in [4.69, 9.17) is 4.74 Å². The summed E-state index contributed by atoms with van der Waals surface area (Å²) >= 11 is 1.27. The molecule has 1 unspecified atom stereocenters. The van der Waals surface area contributed by atoms with E-state index in [1.54, 1.807) is 0 Å². The fourth-order valence-corrected chi connectivity index (χ4v) is 3.04. The van der Waals surface area contributed by atoms with Crippen molar-refractivity contribution in [2.24, 2.45) is 0 Å². The summed E-state index contributed by atoms with van der Waals surface area (Å²) in [4.78, 5) is 23.2. The second-order valence-corrected chi connectivity index (χ2v) is 5.14. The van der Waals surface area contributed by atoms with Gasteiger partial charge < -0.3 is 14.8 Å². The molecule has 2 rings (SSSR count). The zero-order valence-corrected chi connectivity index (χ0v) is 10.9. The summed E-state index contributed by atoms with van der Waals surface area (Å²) in [6.07, 6.45) is -0.0878. The van der Waals surface area contributed by atoms with Gasteiger partial charge in [-0.1, -0.05) is 23.9 Å². The first-order chi connectivity index (χ1) is 8.61. The molecule has 1 aliphatic heterocycles. The summed E-state index contributed by atoms with van der Waals surface area (Å²) < 4.78 is 9.41. The van der Waals surface area contributed by atoms with E-state index in [1.165, 1.54) is 26.0 Å². The molecule has 0 fully saturated rings. The number of carbonyl (C=O) groups is 2. The van der Waals surface area contributed by atoms with E-state index in [-0.39, 0.29) is 6.42 Å². The van der Waals surface area contributed by atoms with Gasteiger partial charge in [-0.2, -0.15) is 0 Å². The maximum absolute atomic E-state index is 11.9. The van der Waals surface area contributed by atoms with Crippen molar-refractivity contribution in [2.45, 2.75) is 16.2 Å². The number of hydrogen-bond donors (Lipinski definition) is 1. The van der Waals surface area contributed by atoms with Crippen molar-refractivity contribution < 1.29 is 19.1 Å². The number of nitrogens with one attached hydrogen (secondary N) is 1. The maximum atomic E-state index is 11.9. The van der Waals surface area contributed by atoms with Gasteiger partial charge in [0.05, 0.1) is 20.6 Å². The monoisotopic (exact) mass is 267 g/mol. The van der Waals surface area contributed by atoms with Crippen molar-refractivity contribution in [1.82, 2.24) is 0 Å². The molecule has 1 heterocycles. The Bertz CT molecular complexity index is 464. The second-order valence-electron chi connectivity index (χ2n) is 3.79. The Morgan fingerprint density at radius 1 is 1.28 bits per heavy atom. The van der Waals surface area contributed by atoms with Crippen LogP contribution in [0, 0.1) is 0 Å². The second kappa shape index (κ2) is 4.89. The SMILES string of the molecule is COC(=O)CC1(C(=O)OC)Nc2ccccc2S1. The lowest BCUT2D eigenvalue weighted by Crippen LogP contribution is -2.43. The fourth-order valence-electron chi connectivity index (χ4n) is 1.78. The molecule has 0 aromatic heterocycles. The molecule has 18 heavy (non-hydrogen) atoms. The molecule has 1 aromatic carbocycles. The zero-order valence-electron chi connectivity index (χ0n) is 10.1. The first kappa shape index (κ1) is 12.8. The van der Waals surface area contributed by atoms with Gasteiger partial charge >= 0.3 is 11.9 Å². The number of esters is 2. The zero-order chi connectivity index (χ0) is 13.2. The molecule has 5 nitrogen and oxygen atoms in total. The lowest BCUT2D eigenvalue weighted by molar-refractivity contribution is -0.149. The minimum Gasteiger partial charge on any atom is -0.469 e. The molecule has 0 saturated carbocycles. The standard InChI is InChI=1S/C12H13NO4S/c1-16-10(14)7-12(11(15)17-2)13-8-5-3-4-6-9(8)18-12/h3-6,13H,7H2,1-2H3. The molecule has 0 amide bonds. The van der Waals surface area contributed by atoms with Gasteiger partial charge in [-0.3, -0.25) is 4.79 Å². The molecular formula is C12H13NO4S. The van der Waals surface area contributed by atoms with Crippen molar-refractivity contribution in [3.05, 3.63) is 24.3 Å². The lowest BCUT2D eigenvalue weighted by atomic mass is 10.2. The summed E-state index contributed by atoms with van der Waals surface area (Å²) in [7, 11) is 2.59. The Morgan fingerprint density at radius 3 is 2.61 bits per heavy atom. The van der Waals surface area contributed by atoms with Crippen LogP contribution in [-0.4, -0.2) is 31.0 Å². The van der Waals surface area contributed by atoms with Crippen LogP contribution < -0.4 is 5.32 Å². The predicted molar refractivity (Wildman–Crippen MR) is 67.3 cm³/mol. The molecule has 0 spiro atoms. The van der Waals surface area contributed by atoms with Gasteiger partial charge in [-0.05, 0) is 12.1 Å². The van der Waals surface area contributed by atoms with Gasteiger partial charge in [0.2, 0.25) is 0 Å². The number of fused-ring (bicyclic) bond motifs is 1. The lowest BCUT2D eigenvalue weighted by Gasteiger charge is -2.24. The highest BCUT2D eigenvalue weighted by molar-refractivity contribution is 8.02. The van der Waals surface area contributed by atoms with Crippen molar-refractivity contribution in [3.63, 3.8) is 0 Å². The summed E-state index contributed by atoms with van der Waals surface area (Å²) in [5, 5.41) is 3.05. The van der Waals surface area contributed by atoms with E-state index in [9.17, 15) is 9.59 Å². The molecule has 96 valence electrons. The van der Waals surface area contributed by atoms with Crippen molar-refractivity contribution in [3.8, 4) is 0 Å². The van der Waals surface area contributed by atoms with Gasteiger partial charge in [-0.15, -0.1) is 0 Å². The Labute approximate surface area is 109 Å². The summed E-state index contributed by atoms with van der Waals surface area (Å²) in [5.41, 5.74) is 0.816. The Hall–Kier alpha value is -1.69. The summed E-state index contributed by atoms with van der Waals surface area (Å²) in [5.74, 6) is -0.956. The number of methoxy groups -OCH3 is 2. The van der Waals surface area contributed by atoms with Crippen LogP contribution in [0.15, 0.2) is 29.2 Å². The van der Waals surface area contributed by atoms with E-state index in [1.807, 2.05) is 24.3 Å². The Kier molecular flexibility index (Phi) is 3.47. The third-order valence-electron chi connectivity index (χ3n) is 2.64. The van der Waals surface area contributed by atoms with Crippen LogP contribution in [0.2, 0.25) is 0 Å². The number of anilines is 1. The molecule has 0 bridgehead atoms. The number of hydrogen-bond acceptors (Lipinski definition) is 6. The molecule has 1 aromatic rings. The highest BCUT2D eigenvalue weighted by Gasteiger charge is 2.47. The minimum absolute atomic E-state index is 0.0878. The van der Waals surface area contributed by atoms with Crippen LogP contribution in [0.25, 0.3) is 0 Å². The minimum atomic E-state index is -1.13. The largest absolute Gasteiger partial charge is 0.469 e. The van der Waals surface area contributed by atoms with E-state index in [0.29, 0.717) is 0 Å². The molecule has 0 saturated heterocycles. The van der Waals surface area contributed by atoms with E-state index in [2.05, 4.69) is 10.1 Å². The third kappa shape index (κ3) is 2.15. The average molecular weight is 267 g/mol. The van der Waals surface area contributed by atoms with Crippen LogP contribution in [0.4, 0.5) is 5.69 Å². The molecule has 0 aliphatic carbocycles. The predicted octanol–water partition coefficient (Wildman–Crippen LogP) is 1.64. The van der Waals surface area contributed by atoms with Gasteiger partial charge in [0.25, 0.3) is 0 Å². The first-order valence-corrected chi connectivity index (χ1v) is 6.14. The number of rotatable bonds is 3. The number of carbonyl (C=O) groups excluding carboxylic acids is 2. The van der Waals surface area contributed by atoms with Crippen LogP contribution in [0.1, 0.15) is 6.42 Å². The van der Waals surface area contributed by atoms with Gasteiger partial charge in [0, 0.05) is 10.6 Å². The van der Waals surface area contributed by atoms with Gasteiger partial charge in [0.15, 0.2) is 4.87 Å². The van der Waals surface area contributed by atoms with Crippen LogP contribution in [-0.2, 0) is 19.1 Å². The normalized spacial score (nSPS) is 20.8. The van der Waals surface area contributed by atoms with Crippen LogP contribution in [0.3, 0.4) is 0 Å². The highest BCUT2D eigenvalue weighted by atomic mass is 32.2. The van der Waals surface area contributed by atoms with Gasteiger partial charge in [0.1, 0.15) is 0 Å². The maximum Gasteiger partial charge on any atom is 0.343 e. The number of benzene rings is 1. The molecule has 0 radical (unpaired) electrons. The van der Waals surface area contributed by atoms with E-state index < -0.39 is 16.8 Å². The van der Waals surface area contributed by atoms with Crippen molar-refractivity contribution in [2.75, 3.05) is 19.5 Å². The Morgan fingerprint density at radius 2 is 2.00 bits per heavy atom. The topological polar surface area (TPSA) is 64.6 Å². The number of thioether (sulfide) groups is 1. The quantitative estimate of drug-likeness (QED) is 0.840. The number of ether oxygens (including phenoxy) is 2. The number of para-hydroxylation sites is 1. The molecule has 6 heteroatoms. The first-order valence-electron chi connectivity index (χ1n) is 5.33. The van der Waals surface area contributed by atoms with E-state index >= 15 is 0 Å². The van der Waals surface area contributed by atoms with Crippen LogP contribution >= 0.6 is 11.8 Å². The van der Waals surface area contributed by atoms with E-state index in [0.717, 1.165) is 10.6 Å². The molecule has 1 atom stereocenters. The molecule has 1 aliphatic rings. The molecular weight excluding hydrogens is 254 g/mol. The summed E-state index contributed by atoms with van der Waals surface area (Å²) in [6, 6.07) is 7.47. The average Bonchev–Trinajstić information content (AvgIpc) is 2.76.